The number of aromatic nitrogens is 1. The molecule has 0 saturated carbocycles. The molecular formula is C14H11NO2S. The number of fused-ring (bicyclic) bond motifs is 1. The van der Waals surface area contributed by atoms with Gasteiger partial charge in [-0.1, -0.05) is 18.2 Å². The molecule has 0 spiro atoms. The number of thiophene rings is 1. The van der Waals surface area contributed by atoms with Crippen LogP contribution in [0.5, 0.6) is 0 Å². The van der Waals surface area contributed by atoms with Crippen LogP contribution in [0.25, 0.3) is 10.1 Å². The minimum absolute atomic E-state index is 0.324. The summed E-state index contributed by atoms with van der Waals surface area (Å²) >= 11 is 1.69. The van der Waals surface area contributed by atoms with Gasteiger partial charge in [-0.25, -0.2) is 4.79 Å². The van der Waals surface area contributed by atoms with Gasteiger partial charge in [0.15, 0.2) is 0 Å². The van der Waals surface area contributed by atoms with Crippen LogP contribution >= 0.6 is 11.3 Å². The SMILES string of the molecule is O=C(O)c1cccn1Cc1csc2ccccc12. The summed E-state index contributed by atoms with van der Waals surface area (Å²) in [5, 5.41) is 12.4. The second-order valence-corrected chi connectivity index (χ2v) is 4.99. The van der Waals surface area contributed by atoms with Gasteiger partial charge in [0.05, 0.1) is 0 Å². The highest BCUT2D eigenvalue weighted by Crippen LogP contribution is 2.26. The summed E-state index contributed by atoms with van der Waals surface area (Å²) in [6.45, 7) is 0.596. The molecule has 0 aliphatic rings. The van der Waals surface area contributed by atoms with E-state index in [9.17, 15) is 4.79 Å². The van der Waals surface area contributed by atoms with Crippen LogP contribution in [0.3, 0.4) is 0 Å². The molecular weight excluding hydrogens is 246 g/mol. The highest BCUT2D eigenvalue weighted by Gasteiger charge is 2.10. The highest BCUT2D eigenvalue weighted by molar-refractivity contribution is 7.17. The van der Waals surface area contributed by atoms with Crippen LogP contribution in [0.1, 0.15) is 16.1 Å². The summed E-state index contributed by atoms with van der Waals surface area (Å²) in [6.07, 6.45) is 1.80. The number of carboxylic acid groups (broad SMARTS) is 1. The van der Waals surface area contributed by atoms with Crippen LogP contribution in [0.2, 0.25) is 0 Å². The fourth-order valence-corrected chi connectivity index (χ4v) is 3.04. The van der Waals surface area contributed by atoms with Gasteiger partial charge in [0.2, 0.25) is 0 Å². The largest absolute Gasteiger partial charge is 0.477 e. The number of nitrogens with zero attached hydrogens (tertiary/aromatic N) is 1. The fourth-order valence-electron chi connectivity index (χ4n) is 2.08. The molecule has 0 saturated heterocycles. The van der Waals surface area contributed by atoms with E-state index in [0.717, 1.165) is 5.56 Å². The summed E-state index contributed by atoms with van der Waals surface area (Å²) in [5.41, 5.74) is 1.49. The Hall–Kier alpha value is -2.07. The Kier molecular flexibility index (Phi) is 2.64. The topological polar surface area (TPSA) is 42.2 Å². The van der Waals surface area contributed by atoms with E-state index in [1.54, 1.807) is 34.2 Å². The van der Waals surface area contributed by atoms with Crippen LogP contribution in [-0.4, -0.2) is 15.6 Å². The predicted molar refractivity (Wildman–Crippen MR) is 72.3 cm³/mol. The summed E-state index contributed by atoms with van der Waals surface area (Å²) in [5.74, 6) is -0.889. The van der Waals surface area contributed by atoms with E-state index in [2.05, 4.69) is 17.5 Å². The molecule has 3 aromatic rings. The molecule has 90 valence electrons. The number of rotatable bonds is 3. The van der Waals surface area contributed by atoms with Crippen LogP contribution in [-0.2, 0) is 6.54 Å². The zero-order chi connectivity index (χ0) is 12.5. The maximum absolute atomic E-state index is 11.1. The normalized spacial score (nSPS) is 10.9. The van der Waals surface area contributed by atoms with Gasteiger partial charge < -0.3 is 9.67 Å². The molecule has 0 atom stereocenters. The van der Waals surface area contributed by atoms with Gasteiger partial charge in [0.1, 0.15) is 5.69 Å². The van der Waals surface area contributed by atoms with Gasteiger partial charge in [0.25, 0.3) is 0 Å². The van der Waals surface area contributed by atoms with Crippen molar-refractivity contribution < 1.29 is 9.90 Å². The van der Waals surface area contributed by atoms with E-state index < -0.39 is 5.97 Å². The Morgan fingerprint density at radius 3 is 2.89 bits per heavy atom. The number of aromatic carboxylic acids is 1. The van der Waals surface area contributed by atoms with Crippen molar-refractivity contribution >= 4 is 27.4 Å². The van der Waals surface area contributed by atoms with Crippen LogP contribution in [0, 0.1) is 0 Å². The molecule has 0 unspecified atom stereocenters. The zero-order valence-corrected chi connectivity index (χ0v) is 10.4. The van der Waals surface area contributed by atoms with E-state index in [-0.39, 0.29) is 0 Å². The van der Waals surface area contributed by atoms with Crippen molar-refractivity contribution in [3.63, 3.8) is 0 Å². The minimum Gasteiger partial charge on any atom is -0.477 e. The Bertz CT molecular complexity index is 711. The Morgan fingerprint density at radius 2 is 2.06 bits per heavy atom. The molecule has 0 amide bonds. The van der Waals surface area contributed by atoms with Gasteiger partial charge >= 0.3 is 5.97 Å². The maximum Gasteiger partial charge on any atom is 0.352 e. The molecule has 0 aliphatic carbocycles. The zero-order valence-electron chi connectivity index (χ0n) is 9.54. The van der Waals surface area contributed by atoms with E-state index in [1.165, 1.54) is 10.1 Å². The van der Waals surface area contributed by atoms with Crippen LogP contribution in [0.4, 0.5) is 0 Å². The molecule has 0 radical (unpaired) electrons. The molecule has 2 heterocycles. The summed E-state index contributed by atoms with van der Waals surface area (Å²) in [4.78, 5) is 11.1. The second kappa shape index (κ2) is 4.31. The Labute approximate surface area is 108 Å². The van der Waals surface area contributed by atoms with E-state index in [1.807, 2.05) is 12.1 Å². The average molecular weight is 257 g/mol. The lowest BCUT2D eigenvalue weighted by Crippen LogP contribution is -2.08. The maximum atomic E-state index is 11.1. The average Bonchev–Trinajstić information content (AvgIpc) is 2.97. The molecule has 1 N–H and O–H groups in total. The van der Waals surface area contributed by atoms with Crippen LogP contribution < -0.4 is 0 Å². The predicted octanol–water partition coefficient (Wildman–Crippen LogP) is 3.45. The van der Waals surface area contributed by atoms with Gasteiger partial charge in [-0.05, 0) is 34.5 Å². The summed E-state index contributed by atoms with van der Waals surface area (Å²) in [6, 6.07) is 11.6. The third kappa shape index (κ3) is 1.80. The molecule has 4 heteroatoms. The molecule has 3 rings (SSSR count). The van der Waals surface area contributed by atoms with Gasteiger partial charge in [-0.15, -0.1) is 11.3 Å². The highest BCUT2D eigenvalue weighted by atomic mass is 32.1. The number of benzene rings is 1. The molecule has 18 heavy (non-hydrogen) atoms. The lowest BCUT2D eigenvalue weighted by molar-refractivity contribution is 0.0686. The number of hydrogen-bond acceptors (Lipinski definition) is 2. The van der Waals surface area contributed by atoms with Gasteiger partial charge in [-0.3, -0.25) is 0 Å². The Balaban J connectivity index is 2.02. The molecule has 1 aromatic carbocycles. The lowest BCUT2D eigenvalue weighted by atomic mass is 10.2. The standard InChI is InChI=1S/C14H11NO2S/c16-14(17)12-5-3-7-15(12)8-10-9-18-13-6-2-1-4-11(10)13/h1-7,9H,8H2,(H,16,17). The van der Waals surface area contributed by atoms with Crippen molar-refractivity contribution in [2.45, 2.75) is 6.54 Å². The van der Waals surface area contributed by atoms with Crippen molar-refractivity contribution in [1.29, 1.82) is 0 Å². The van der Waals surface area contributed by atoms with Crippen molar-refractivity contribution in [2.24, 2.45) is 0 Å². The van der Waals surface area contributed by atoms with E-state index in [4.69, 9.17) is 5.11 Å². The summed E-state index contributed by atoms with van der Waals surface area (Å²) in [7, 11) is 0. The summed E-state index contributed by atoms with van der Waals surface area (Å²) < 4.78 is 2.99. The third-order valence-electron chi connectivity index (χ3n) is 2.95. The molecule has 0 aliphatic heterocycles. The molecule has 2 aromatic heterocycles. The first kappa shape index (κ1) is 11.0. The monoisotopic (exact) mass is 257 g/mol. The van der Waals surface area contributed by atoms with Crippen molar-refractivity contribution in [2.75, 3.05) is 0 Å². The van der Waals surface area contributed by atoms with Gasteiger partial charge in [-0.2, -0.15) is 0 Å². The second-order valence-electron chi connectivity index (χ2n) is 4.08. The van der Waals surface area contributed by atoms with Crippen molar-refractivity contribution in [3.05, 3.63) is 59.2 Å². The quantitative estimate of drug-likeness (QED) is 0.780. The van der Waals surface area contributed by atoms with E-state index >= 15 is 0 Å². The molecule has 0 bridgehead atoms. The van der Waals surface area contributed by atoms with Crippen molar-refractivity contribution in [1.82, 2.24) is 4.57 Å². The first-order valence-corrected chi connectivity index (χ1v) is 6.47. The lowest BCUT2D eigenvalue weighted by Gasteiger charge is -2.05. The fraction of sp³-hybridized carbons (Fsp3) is 0.0714. The molecule has 0 fully saturated rings. The number of carboxylic acids is 1. The third-order valence-corrected chi connectivity index (χ3v) is 3.96. The number of carbonyl (C=O) groups is 1. The first-order chi connectivity index (χ1) is 8.75. The smallest absolute Gasteiger partial charge is 0.352 e. The van der Waals surface area contributed by atoms with E-state index in [0.29, 0.717) is 12.2 Å². The molecule has 3 nitrogen and oxygen atoms in total. The van der Waals surface area contributed by atoms with Crippen molar-refractivity contribution in [3.8, 4) is 0 Å². The first-order valence-electron chi connectivity index (χ1n) is 5.59. The number of hydrogen-bond donors (Lipinski definition) is 1. The van der Waals surface area contributed by atoms with Crippen LogP contribution in [0.15, 0.2) is 48.0 Å². The minimum atomic E-state index is -0.889. The Morgan fingerprint density at radius 1 is 1.22 bits per heavy atom. The van der Waals surface area contributed by atoms with Gasteiger partial charge in [0, 0.05) is 17.4 Å².